The highest BCUT2D eigenvalue weighted by Gasteiger charge is 2.26. The lowest BCUT2D eigenvalue weighted by atomic mass is 9.94. The molecule has 0 N–H and O–H groups in total. The Morgan fingerprint density at radius 3 is 2.51 bits per heavy atom. The van der Waals surface area contributed by atoms with Crippen molar-refractivity contribution in [1.82, 2.24) is 14.8 Å². The molecule has 1 aromatic heterocycles. The van der Waals surface area contributed by atoms with E-state index in [4.69, 9.17) is 14.5 Å². The van der Waals surface area contributed by atoms with Crippen LogP contribution in [0.3, 0.4) is 0 Å². The smallest absolute Gasteiger partial charge is 0.410 e. The van der Waals surface area contributed by atoms with E-state index in [0.29, 0.717) is 13.1 Å². The molecular weight excluding hydrogens is 438 g/mol. The predicted octanol–water partition coefficient (Wildman–Crippen LogP) is 5.09. The summed E-state index contributed by atoms with van der Waals surface area (Å²) in [6.45, 7) is 11.6. The van der Waals surface area contributed by atoms with E-state index in [1.165, 1.54) is 27.8 Å². The number of benzene rings is 1. The topological polar surface area (TPSA) is 54.9 Å². The molecule has 0 unspecified atom stereocenters. The van der Waals surface area contributed by atoms with Crippen molar-refractivity contribution in [3.8, 4) is 11.1 Å². The fourth-order valence-corrected chi connectivity index (χ4v) is 4.89. The highest BCUT2D eigenvalue weighted by atomic mass is 16.6. The zero-order valence-corrected chi connectivity index (χ0v) is 21.0. The fraction of sp³-hybridized carbons (Fsp3) is 0.448. The fourth-order valence-electron chi connectivity index (χ4n) is 4.89. The van der Waals surface area contributed by atoms with Gasteiger partial charge in [0.05, 0.1) is 18.9 Å². The van der Waals surface area contributed by atoms with E-state index in [2.05, 4.69) is 47.4 Å². The Bertz CT molecular complexity index is 1140. The largest absolute Gasteiger partial charge is 0.444 e. The molecule has 5 rings (SSSR count). The molecule has 3 aliphatic rings. The molecule has 0 atom stereocenters. The number of morpholine rings is 1. The number of hydrogen-bond donors (Lipinski definition) is 0. The van der Waals surface area contributed by atoms with Crippen molar-refractivity contribution in [2.75, 3.05) is 39.4 Å². The van der Waals surface area contributed by atoms with Crippen LogP contribution in [0.5, 0.6) is 0 Å². The summed E-state index contributed by atoms with van der Waals surface area (Å²) in [5.74, 6) is 0. The van der Waals surface area contributed by atoms with Crippen molar-refractivity contribution in [2.24, 2.45) is 0 Å². The molecule has 6 nitrogen and oxygen atoms in total. The predicted molar refractivity (Wildman–Crippen MR) is 138 cm³/mol. The van der Waals surface area contributed by atoms with Gasteiger partial charge in [-0.15, -0.1) is 0 Å². The highest BCUT2D eigenvalue weighted by molar-refractivity contribution is 5.86. The molecule has 1 amide bonds. The number of carbonyl (C=O) groups is 1. The summed E-state index contributed by atoms with van der Waals surface area (Å²) in [7, 11) is 0. The van der Waals surface area contributed by atoms with Gasteiger partial charge in [0.25, 0.3) is 0 Å². The third-order valence-corrected chi connectivity index (χ3v) is 6.76. The van der Waals surface area contributed by atoms with Gasteiger partial charge in [0, 0.05) is 56.5 Å². The highest BCUT2D eigenvalue weighted by Crippen LogP contribution is 2.37. The summed E-state index contributed by atoms with van der Waals surface area (Å²) in [5.41, 5.74) is 8.08. The van der Waals surface area contributed by atoms with Gasteiger partial charge in [-0.1, -0.05) is 36.4 Å². The first-order chi connectivity index (χ1) is 16.9. The molecule has 2 aromatic rings. The van der Waals surface area contributed by atoms with Crippen LogP contribution in [0.15, 0.2) is 54.3 Å². The average molecular weight is 474 g/mol. The first kappa shape index (κ1) is 23.8. The van der Waals surface area contributed by atoms with Gasteiger partial charge >= 0.3 is 6.09 Å². The van der Waals surface area contributed by atoms with E-state index in [1.807, 2.05) is 27.0 Å². The van der Waals surface area contributed by atoms with Gasteiger partial charge < -0.3 is 14.4 Å². The van der Waals surface area contributed by atoms with Crippen molar-refractivity contribution in [3.63, 3.8) is 0 Å². The molecule has 0 bridgehead atoms. The van der Waals surface area contributed by atoms with Crippen LogP contribution < -0.4 is 0 Å². The third-order valence-electron chi connectivity index (χ3n) is 6.76. The normalized spacial score (nSPS) is 18.7. The van der Waals surface area contributed by atoms with Crippen LogP contribution in [0, 0.1) is 0 Å². The van der Waals surface area contributed by atoms with Crippen molar-refractivity contribution in [3.05, 3.63) is 71.1 Å². The molecule has 184 valence electrons. The van der Waals surface area contributed by atoms with E-state index in [0.717, 1.165) is 56.9 Å². The molecule has 6 heteroatoms. The molecule has 0 radical (unpaired) electrons. The van der Waals surface area contributed by atoms with Gasteiger partial charge in [0.2, 0.25) is 0 Å². The Labute approximate surface area is 208 Å². The minimum Gasteiger partial charge on any atom is -0.444 e. The second-order valence-electron chi connectivity index (χ2n) is 10.5. The molecule has 1 fully saturated rings. The Morgan fingerprint density at radius 1 is 1.06 bits per heavy atom. The second kappa shape index (κ2) is 9.96. The molecule has 1 saturated heterocycles. The monoisotopic (exact) mass is 473 g/mol. The number of pyridine rings is 1. The van der Waals surface area contributed by atoms with Gasteiger partial charge in [-0.2, -0.15) is 0 Å². The van der Waals surface area contributed by atoms with Crippen molar-refractivity contribution < 1.29 is 14.3 Å². The average Bonchev–Trinajstić information content (AvgIpc) is 3.27. The number of nitrogens with zero attached hydrogens (tertiary/aromatic N) is 3. The molecule has 3 heterocycles. The molecule has 0 saturated carbocycles. The molecular formula is C29H35N3O3. The Morgan fingerprint density at radius 2 is 1.83 bits per heavy atom. The summed E-state index contributed by atoms with van der Waals surface area (Å²) >= 11 is 0. The van der Waals surface area contributed by atoms with E-state index in [1.54, 1.807) is 4.90 Å². The molecule has 2 aliphatic heterocycles. The molecule has 1 aromatic carbocycles. The van der Waals surface area contributed by atoms with Crippen LogP contribution in [0.25, 0.3) is 16.7 Å². The molecule has 1 aliphatic carbocycles. The van der Waals surface area contributed by atoms with Crippen molar-refractivity contribution >= 4 is 11.7 Å². The van der Waals surface area contributed by atoms with E-state index in [-0.39, 0.29) is 6.09 Å². The maximum Gasteiger partial charge on any atom is 0.410 e. The van der Waals surface area contributed by atoms with Crippen molar-refractivity contribution in [1.29, 1.82) is 0 Å². The van der Waals surface area contributed by atoms with Crippen LogP contribution in [-0.2, 0) is 22.4 Å². The minimum atomic E-state index is -0.475. The van der Waals surface area contributed by atoms with Crippen LogP contribution >= 0.6 is 0 Å². The number of ether oxygens (including phenoxy) is 2. The quantitative estimate of drug-likeness (QED) is 0.619. The number of aromatic nitrogens is 1. The van der Waals surface area contributed by atoms with Gasteiger partial charge in [0.1, 0.15) is 5.60 Å². The van der Waals surface area contributed by atoms with Crippen LogP contribution in [0.4, 0.5) is 4.79 Å². The van der Waals surface area contributed by atoms with E-state index < -0.39 is 5.60 Å². The summed E-state index contributed by atoms with van der Waals surface area (Å²) in [6.07, 6.45) is 7.88. The van der Waals surface area contributed by atoms with Gasteiger partial charge in [0.15, 0.2) is 0 Å². The number of allylic oxidation sites excluding steroid dienone is 2. The standard InChI is InChI=1S/C29H35N3O3/c1-29(2,3)35-28(33)32-12-10-23(11-13-32)25-8-9-27-26(25)18-24(19-30-27)22-6-4-21(5-7-22)20-31-14-16-34-17-15-31/h4-8,10,18-19H,9,11-17,20H2,1-3H3. The summed E-state index contributed by atoms with van der Waals surface area (Å²) in [4.78, 5) is 21.4. The molecule has 0 spiro atoms. The zero-order chi connectivity index (χ0) is 24.4. The van der Waals surface area contributed by atoms with Crippen LogP contribution in [0.2, 0.25) is 0 Å². The number of fused-ring (bicyclic) bond motifs is 1. The van der Waals surface area contributed by atoms with Gasteiger partial charge in [-0.05, 0) is 55.5 Å². The number of carbonyl (C=O) groups excluding carboxylic acids is 1. The Balaban J connectivity index is 1.28. The number of amides is 1. The van der Waals surface area contributed by atoms with Crippen LogP contribution in [-0.4, -0.2) is 65.9 Å². The lowest BCUT2D eigenvalue weighted by molar-refractivity contribution is 0.0267. The van der Waals surface area contributed by atoms with Gasteiger partial charge in [-0.25, -0.2) is 4.79 Å². The third kappa shape index (κ3) is 5.65. The first-order valence-electron chi connectivity index (χ1n) is 12.6. The van der Waals surface area contributed by atoms with E-state index in [9.17, 15) is 4.79 Å². The van der Waals surface area contributed by atoms with E-state index >= 15 is 0 Å². The SMILES string of the molecule is CC(C)(C)OC(=O)N1CC=C(C2=CCc3ncc(-c4ccc(CN5CCOCC5)cc4)cc32)CC1. The van der Waals surface area contributed by atoms with Gasteiger partial charge in [-0.3, -0.25) is 9.88 Å². The first-order valence-corrected chi connectivity index (χ1v) is 12.6. The number of hydrogen-bond acceptors (Lipinski definition) is 5. The van der Waals surface area contributed by atoms with Crippen molar-refractivity contribution in [2.45, 2.75) is 45.8 Å². The lowest BCUT2D eigenvalue weighted by Crippen LogP contribution is -2.39. The second-order valence-corrected chi connectivity index (χ2v) is 10.5. The molecule has 35 heavy (non-hydrogen) atoms. The van der Waals surface area contributed by atoms with Crippen LogP contribution in [0.1, 0.15) is 44.0 Å². The number of rotatable bonds is 4. The Kier molecular flexibility index (Phi) is 6.76. The summed E-state index contributed by atoms with van der Waals surface area (Å²) < 4.78 is 11.0. The Hall–Kier alpha value is -2.96. The maximum atomic E-state index is 12.4. The lowest BCUT2D eigenvalue weighted by Gasteiger charge is -2.30. The minimum absolute atomic E-state index is 0.241. The summed E-state index contributed by atoms with van der Waals surface area (Å²) in [5, 5.41) is 0. The maximum absolute atomic E-state index is 12.4. The zero-order valence-electron chi connectivity index (χ0n) is 21.0. The summed E-state index contributed by atoms with van der Waals surface area (Å²) in [6, 6.07) is 11.1.